The van der Waals surface area contributed by atoms with Crippen molar-refractivity contribution in [1.29, 1.82) is 0 Å². The number of rotatable bonds is 4. The molecule has 1 aromatic rings. The first-order valence-corrected chi connectivity index (χ1v) is 6.85. The highest BCUT2D eigenvalue weighted by Crippen LogP contribution is 2.28. The van der Waals surface area contributed by atoms with E-state index in [0.29, 0.717) is 11.3 Å². The molecule has 5 nitrogen and oxygen atoms in total. The van der Waals surface area contributed by atoms with Crippen LogP contribution in [0.5, 0.6) is 0 Å². The number of likely N-dealkylation sites (N-methyl/N-ethyl adjacent to an activating group) is 1. The largest absolute Gasteiger partial charge is 0.379 e. The number of aromatic nitrogens is 2. The number of carbonyl (C=O) groups is 1. The molecule has 2 atom stereocenters. The molecule has 1 aromatic heterocycles. The SMILES string of the molecule is CNC(=O)Cn1cc(NC2CCSC2C)cn1. The molecule has 0 spiro atoms. The fourth-order valence-electron chi connectivity index (χ4n) is 1.89. The van der Waals surface area contributed by atoms with Gasteiger partial charge in [0.25, 0.3) is 0 Å². The van der Waals surface area contributed by atoms with Crippen LogP contribution in [0.25, 0.3) is 0 Å². The molecule has 6 heteroatoms. The van der Waals surface area contributed by atoms with E-state index in [-0.39, 0.29) is 12.5 Å². The van der Waals surface area contributed by atoms with Gasteiger partial charge >= 0.3 is 0 Å². The smallest absolute Gasteiger partial charge is 0.241 e. The summed E-state index contributed by atoms with van der Waals surface area (Å²) in [6.07, 6.45) is 4.84. The van der Waals surface area contributed by atoms with Gasteiger partial charge in [-0.3, -0.25) is 9.48 Å². The number of hydrogen-bond donors (Lipinski definition) is 2. The average molecular weight is 254 g/mol. The van der Waals surface area contributed by atoms with Crippen molar-refractivity contribution >= 4 is 23.4 Å². The second-order valence-corrected chi connectivity index (χ2v) is 5.70. The topological polar surface area (TPSA) is 59.0 Å². The summed E-state index contributed by atoms with van der Waals surface area (Å²) in [7, 11) is 1.63. The van der Waals surface area contributed by atoms with E-state index in [4.69, 9.17) is 0 Å². The van der Waals surface area contributed by atoms with Crippen molar-refractivity contribution in [2.75, 3.05) is 18.1 Å². The summed E-state index contributed by atoms with van der Waals surface area (Å²) in [5.41, 5.74) is 0.994. The normalized spacial score (nSPS) is 23.6. The van der Waals surface area contributed by atoms with Gasteiger partial charge in [-0.15, -0.1) is 0 Å². The summed E-state index contributed by atoms with van der Waals surface area (Å²) in [5, 5.41) is 10.8. The van der Waals surface area contributed by atoms with Crippen molar-refractivity contribution in [2.45, 2.75) is 31.2 Å². The molecule has 0 aliphatic carbocycles. The van der Waals surface area contributed by atoms with E-state index in [1.807, 2.05) is 18.0 Å². The molecule has 1 amide bonds. The molecule has 2 rings (SSSR count). The van der Waals surface area contributed by atoms with Gasteiger partial charge in [-0.05, 0) is 12.2 Å². The highest BCUT2D eigenvalue weighted by Gasteiger charge is 2.23. The minimum absolute atomic E-state index is 0.0376. The Labute approximate surface area is 105 Å². The molecular weight excluding hydrogens is 236 g/mol. The zero-order chi connectivity index (χ0) is 12.3. The summed E-state index contributed by atoms with van der Waals surface area (Å²) in [4.78, 5) is 11.2. The summed E-state index contributed by atoms with van der Waals surface area (Å²) in [5.74, 6) is 1.18. The minimum atomic E-state index is -0.0376. The minimum Gasteiger partial charge on any atom is -0.379 e. The number of nitrogens with one attached hydrogen (secondary N) is 2. The molecule has 2 unspecified atom stereocenters. The Morgan fingerprint density at radius 2 is 2.53 bits per heavy atom. The Morgan fingerprint density at radius 1 is 1.71 bits per heavy atom. The molecule has 1 saturated heterocycles. The Balaban J connectivity index is 1.91. The summed E-state index contributed by atoms with van der Waals surface area (Å²) in [6, 6.07) is 0.512. The zero-order valence-corrected chi connectivity index (χ0v) is 11.0. The van der Waals surface area contributed by atoms with E-state index in [9.17, 15) is 4.79 Å². The van der Waals surface area contributed by atoms with Gasteiger partial charge in [0.1, 0.15) is 6.54 Å². The van der Waals surface area contributed by atoms with Crippen molar-refractivity contribution in [1.82, 2.24) is 15.1 Å². The van der Waals surface area contributed by atoms with Gasteiger partial charge in [-0.2, -0.15) is 16.9 Å². The van der Waals surface area contributed by atoms with E-state index >= 15 is 0 Å². The Kier molecular flexibility index (Phi) is 3.93. The predicted molar refractivity (Wildman–Crippen MR) is 70.2 cm³/mol. The van der Waals surface area contributed by atoms with Crippen molar-refractivity contribution in [3.05, 3.63) is 12.4 Å². The Morgan fingerprint density at radius 3 is 3.18 bits per heavy atom. The fourth-order valence-corrected chi connectivity index (χ4v) is 3.08. The molecule has 2 N–H and O–H groups in total. The molecule has 1 fully saturated rings. The van der Waals surface area contributed by atoms with Crippen LogP contribution >= 0.6 is 11.8 Å². The molecule has 0 radical (unpaired) electrons. The summed E-state index contributed by atoms with van der Waals surface area (Å²) in [6.45, 7) is 2.51. The molecule has 17 heavy (non-hydrogen) atoms. The van der Waals surface area contributed by atoms with Crippen LogP contribution in [0.4, 0.5) is 5.69 Å². The van der Waals surface area contributed by atoms with Gasteiger partial charge in [-0.1, -0.05) is 6.92 Å². The summed E-state index contributed by atoms with van der Waals surface area (Å²) >= 11 is 1.99. The second kappa shape index (κ2) is 5.44. The van der Waals surface area contributed by atoms with E-state index in [1.165, 1.54) is 12.2 Å². The molecule has 1 aliphatic heterocycles. The third-order valence-corrected chi connectivity index (χ3v) is 4.27. The number of anilines is 1. The molecule has 1 aliphatic rings. The predicted octanol–water partition coefficient (Wildman–Crippen LogP) is 0.935. The number of thioether (sulfide) groups is 1. The van der Waals surface area contributed by atoms with Crippen LogP contribution in [0.1, 0.15) is 13.3 Å². The van der Waals surface area contributed by atoms with Crippen LogP contribution in [-0.2, 0) is 11.3 Å². The quantitative estimate of drug-likeness (QED) is 0.839. The monoisotopic (exact) mass is 254 g/mol. The Bertz CT molecular complexity index is 393. The van der Waals surface area contributed by atoms with Gasteiger partial charge < -0.3 is 10.6 Å². The molecule has 0 aromatic carbocycles. The van der Waals surface area contributed by atoms with Crippen molar-refractivity contribution in [3.63, 3.8) is 0 Å². The first-order valence-electron chi connectivity index (χ1n) is 5.80. The van der Waals surface area contributed by atoms with Gasteiger partial charge in [0, 0.05) is 24.5 Å². The number of carbonyl (C=O) groups excluding carboxylic acids is 1. The maximum atomic E-state index is 11.2. The standard InChI is InChI=1S/C11H18N4OS/c1-8-10(3-4-17-8)14-9-5-13-15(6-9)7-11(16)12-2/h5-6,8,10,14H,3-4,7H2,1-2H3,(H,12,16). The fraction of sp³-hybridized carbons (Fsp3) is 0.636. The molecule has 94 valence electrons. The van der Waals surface area contributed by atoms with Crippen LogP contribution < -0.4 is 10.6 Å². The van der Waals surface area contributed by atoms with Gasteiger partial charge in [0.05, 0.1) is 11.9 Å². The van der Waals surface area contributed by atoms with Crippen LogP contribution in [0.15, 0.2) is 12.4 Å². The first kappa shape index (κ1) is 12.3. The second-order valence-electron chi connectivity index (χ2n) is 4.22. The highest BCUT2D eigenvalue weighted by molar-refractivity contribution is 8.00. The third kappa shape index (κ3) is 3.15. The third-order valence-electron chi connectivity index (χ3n) is 2.95. The molecule has 0 saturated carbocycles. The van der Waals surface area contributed by atoms with Crippen molar-refractivity contribution in [2.24, 2.45) is 0 Å². The van der Waals surface area contributed by atoms with Gasteiger partial charge in [0.15, 0.2) is 0 Å². The number of amides is 1. The van der Waals surface area contributed by atoms with Gasteiger partial charge in [0.2, 0.25) is 5.91 Å². The summed E-state index contributed by atoms with van der Waals surface area (Å²) < 4.78 is 1.65. The number of nitrogens with zero attached hydrogens (tertiary/aromatic N) is 2. The van der Waals surface area contributed by atoms with E-state index in [1.54, 1.807) is 17.9 Å². The van der Waals surface area contributed by atoms with Gasteiger partial charge in [-0.25, -0.2) is 0 Å². The first-order chi connectivity index (χ1) is 8.19. The lowest BCUT2D eigenvalue weighted by Gasteiger charge is -2.15. The van der Waals surface area contributed by atoms with E-state index in [0.717, 1.165) is 5.69 Å². The van der Waals surface area contributed by atoms with E-state index in [2.05, 4.69) is 22.7 Å². The molecular formula is C11H18N4OS. The van der Waals surface area contributed by atoms with Crippen LogP contribution in [0.2, 0.25) is 0 Å². The van der Waals surface area contributed by atoms with E-state index < -0.39 is 0 Å². The lowest BCUT2D eigenvalue weighted by atomic mass is 10.2. The maximum absolute atomic E-state index is 11.2. The Hall–Kier alpha value is -1.17. The van der Waals surface area contributed by atoms with Crippen LogP contribution in [0.3, 0.4) is 0 Å². The number of hydrogen-bond acceptors (Lipinski definition) is 4. The molecule has 0 bridgehead atoms. The van der Waals surface area contributed by atoms with Crippen LogP contribution in [0, 0.1) is 0 Å². The molecule has 2 heterocycles. The van der Waals surface area contributed by atoms with Crippen molar-refractivity contribution < 1.29 is 4.79 Å². The maximum Gasteiger partial charge on any atom is 0.241 e. The van der Waals surface area contributed by atoms with Crippen LogP contribution in [-0.4, -0.2) is 39.8 Å². The zero-order valence-electron chi connectivity index (χ0n) is 10.1. The average Bonchev–Trinajstić information content (AvgIpc) is 2.90. The lowest BCUT2D eigenvalue weighted by Crippen LogP contribution is -2.25. The highest BCUT2D eigenvalue weighted by atomic mass is 32.2. The lowest BCUT2D eigenvalue weighted by molar-refractivity contribution is -0.121. The van der Waals surface area contributed by atoms with Crippen molar-refractivity contribution in [3.8, 4) is 0 Å².